The van der Waals surface area contributed by atoms with E-state index in [9.17, 15) is 0 Å². The topological polar surface area (TPSA) is 0 Å². The summed E-state index contributed by atoms with van der Waals surface area (Å²) in [6.45, 7) is 0. The van der Waals surface area contributed by atoms with Crippen molar-refractivity contribution in [2.24, 2.45) is 0 Å². The van der Waals surface area contributed by atoms with Crippen LogP contribution >= 0.6 is 39.1 Å². The Morgan fingerprint density at radius 3 is 2.60 bits per heavy atom. The molecular weight excluding hydrogens is 235 g/mol. The van der Waals surface area contributed by atoms with Crippen LogP contribution in [0.3, 0.4) is 0 Å². The van der Waals surface area contributed by atoms with Gasteiger partial charge in [-0.3, -0.25) is 0 Å². The lowest BCUT2D eigenvalue weighted by Gasteiger charge is -1.98. The SMILES string of the molecule is ClCc1ccc(Br)cc1Cl. The van der Waals surface area contributed by atoms with E-state index in [0.29, 0.717) is 10.9 Å². The second-order valence-electron chi connectivity index (χ2n) is 1.87. The first-order valence-electron chi connectivity index (χ1n) is 2.74. The molecule has 0 spiro atoms. The number of hydrogen-bond acceptors (Lipinski definition) is 0. The average molecular weight is 240 g/mol. The van der Waals surface area contributed by atoms with Crippen molar-refractivity contribution in [1.82, 2.24) is 0 Å². The van der Waals surface area contributed by atoms with E-state index >= 15 is 0 Å². The average Bonchev–Trinajstić information content (AvgIpc) is 1.88. The van der Waals surface area contributed by atoms with Crippen molar-refractivity contribution in [3.05, 3.63) is 33.3 Å². The second-order valence-corrected chi connectivity index (χ2v) is 3.46. The molecule has 0 nitrogen and oxygen atoms in total. The summed E-state index contributed by atoms with van der Waals surface area (Å²) in [7, 11) is 0. The minimum Gasteiger partial charge on any atom is -0.121 e. The van der Waals surface area contributed by atoms with Gasteiger partial charge in [-0.05, 0) is 17.7 Å². The highest BCUT2D eigenvalue weighted by atomic mass is 79.9. The summed E-state index contributed by atoms with van der Waals surface area (Å²) >= 11 is 14.7. The summed E-state index contributed by atoms with van der Waals surface area (Å²) in [6, 6.07) is 5.66. The molecule has 0 aliphatic carbocycles. The standard InChI is InChI=1S/C7H5BrCl2/c8-6-2-1-5(4-9)7(10)3-6/h1-3H,4H2. The monoisotopic (exact) mass is 238 g/mol. The van der Waals surface area contributed by atoms with E-state index in [4.69, 9.17) is 23.2 Å². The Bertz CT molecular complexity index is 235. The summed E-state index contributed by atoms with van der Waals surface area (Å²) < 4.78 is 0.978. The summed E-state index contributed by atoms with van der Waals surface area (Å²) in [5.41, 5.74) is 0.964. The maximum atomic E-state index is 5.82. The zero-order valence-corrected chi connectivity index (χ0v) is 8.17. The lowest BCUT2D eigenvalue weighted by atomic mass is 10.2. The van der Waals surface area contributed by atoms with Crippen LogP contribution in [0, 0.1) is 0 Å². The highest BCUT2D eigenvalue weighted by molar-refractivity contribution is 9.10. The van der Waals surface area contributed by atoms with E-state index in [0.717, 1.165) is 10.0 Å². The van der Waals surface area contributed by atoms with Gasteiger partial charge in [0.2, 0.25) is 0 Å². The Morgan fingerprint density at radius 1 is 1.40 bits per heavy atom. The highest BCUT2D eigenvalue weighted by Crippen LogP contribution is 2.22. The van der Waals surface area contributed by atoms with Gasteiger partial charge in [0.1, 0.15) is 0 Å². The van der Waals surface area contributed by atoms with Gasteiger partial charge in [-0.2, -0.15) is 0 Å². The molecule has 1 aromatic carbocycles. The second kappa shape index (κ2) is 3.61. The van der Waals surface area contributed by atoms with Crippen LogP contribution < -0.4 is 0 Å². The van der Waals surface area contributed by atoms with Crippen molar-refractivity contribution in [3.63, 3.8) is 0 Å². The Hall–Kier alpha value is 0.280. The molecule has 3 heteroatoms. The van der Waals surface area contributed by atoms with Gasteiger partial charge in [-0.25, -0.2) is 0 Å². The van der Waals surface area contributed by atoms with Crippen LogP contribution in [0.25, 0.3) is 0 Å². The predicted molar refractivity (Wildman–Crippen MR) is 48.7 cm³/mol. The third-order valence-electron chi connectivity index (χ3n) is 1.16. The van der Waals surface area contributed by atoms with Crippen LogP contribution in [-0.4, -0.2) is 0 Å². The van der Waals surface area contributed by atoms with Crippen molar-refractivity contribution < 1.29 is 0 Å². The van der Waals surface area contributed by atoms with Gasteiger partial charge >= 0.3 is 0 Å². The van der Waals surface area contributed by atoms with Gasteiger partial charge in [-0.15, -0.1) is 11.6 Å². The van der Waals surface area contributed by atoms with Crippen LogP contribution in [0.2, 0.25) is 5.02 Å². The molecule has 0 N–H and O–H groups in total. The summed E-state index contributed by atoms with van der Waals surface area (Å²) in [5, 5.41) is 0.712. The number of alkyl halides is 1. The molecule has 1 aromatic rings. The van der Waals surface area contributed by atoms with Gasteiger partial charge in [-0.1, -0.05) is 33.6 Å². The largest absolute Gasteiger partial charge is 0.121 e. The molecule has 0 aliphatic rings. The fourth-order valence-corrected chi connectivity index (χ4v) is 1.67. The molecule has 0 aliphatic heterocycles. The van der Waals surface area contributed by atoms with Crippen molar-refractivity contribution in [2.45, 2.75) is 5.88 Å². The minimum atomic E-state index is 0.464. The lowest BCUT2D eigenvalue weighted by molar-refractivity contribution is 1.39. The molecule has 0 heterocycles. The first kappa shape index (κ1) is 8.38. The molecule has 0 fully saturated rings. The van der Waals surface area contributed by atoms with E-state index in [1.807, 2.05) is 18.2 Å². The Kier molecular flexibility index (Phi) is 3.02. The van der Waals surface area contributed by atoms with E-state index in [1.54, 1.807) is 0 Å². The molecule has 0 saturated heterocycles. The predicted octanol–water partition coefficient (Wildman–Crippen LogP) is 3.84. The van der Waals surface area contributed by atoms with Crippen molar-refractivity contribution >= 4 is 39.1 Å². The van der Waals surface area contributed by atoms with E-state index in [1.165, 1.54) is 0 Å². The molecule has 0 aromatic heterocycles. The number of benzene rings is 1. The van der Waals surface area contributed by atoms with Crippen LogP contribution in [0.15, 0.2) is 22.7 Å². The van der Waals surface area contributed by atoms with E-state index in [-0.39, 0.29) is 0 Å². The van der Waals surface area contributed by atoms with Gasteiger partial charge in [0.25, 0.3) is 0 Å². The van der Waals surface area contributed by atoms with Crippen LogP contribution in [0.1, 0.15) is 5.56 Å². The molecule has 0 saturated carbocycles. The molecule has 1 rings (SSSR count). The summed E-state index contributed by atoms with van der Waals surface area (Å²) in [4.78, 5) is 0. The Labute approximate surface area is 78.3 Å². The maximum absolute atomic E-state index is 5.82. The molecule has 0 unspecified atom stereocenters. The lowest BCUT2D eigenvalue weighted by Crippen LogP contribution is -1.78. The van der Waals surface area contributed by atoms with Crippen molar-refractivity contribution in [2.75, 3.05) is 0 Å². The number of rotatable bonds is 1. The van der Waals surface area contributed by atoms with Gasteiger partial charge < -0.3 is 0 Å². The molecule has 0 amide bonds. The van der Waals surface area contributed by atoms with Crippen molar-refractivity contribution in [1.29, 1.82) is 0 Å². The first-order chi connectivity index (χ1) is 4.74. The Morgan fingerprint density at radius 2 is 2.10 bits per heavy atom. The fourth-order valence-electron chi connectivity index (χ4n) is 0.630. The van der Waals surface area contributed by atoms with E-state index in [2.05, 4.69) is 15.9 Å². The third kappa shape index (κ3) is 1.88. The molecule has 54 valence electrons. The summed E-state index contributed by atoms with van der Waals surface area (Å²) in [5.74, 6) is 0.464. The summed E-state index contributed by atoms with van der Waals surface area (Å²) in [6.07, 6.45) is 0. The van der Waals surface area contributed by atoms with E-state index < -0.39 is 0 Å². The smallest absolute Gasteiger partial charge is 0.0488 e. The van der Waals surface area contributed by atoms with Gasteiger partial charge in [0.05, 0.1) is 0 Å². The van der Waals surface area contributed by atoms with Gasteiger partial charge in [0.15, 0.2) is 0 Å². The normalized spacial score (nSPS) is 9.90. The number of halogens is 3. The molecule has 10 heavy (non-hydrogen) atoms. The number of hydrogen-bond donors (Lipinski definition) is 0. The van der Waals surface area contributed by atoms with Crippen LogP contribution in [0.5, 0.6) is 0 Å². The van der Waals surface area contributed by atoms with Crippen molar-refractivity contribution in [3.8, 4) is 0 Å². The zero-order valence-electron chi connectivity index (χ0n) is 5.07. The minimum absolute atomic E-state index is 0.464. The first-order valence-corrected chi connectivity index (χ1v) is 4.44. The highest BCUT2D eigenvalue weighted by Gasteiger charge is 1.97. The maximum Gasteiger partial charge on any atom is 0.0488 e. The fraction of sp³-hybridized carbons (Fsp3) is 0.143. The molecule has 0 bridgehead atoms. The zero-order chi connectivity index (χ0) is 7.56. The van der Waals surface area contributed by atoms with Crippen LogP contribution in [0.4, 0.5) is 0 Å². The Balaban J connectivity index is 3.07. The van der Waals surface area contributed by atoms with Gasteiger partial charge in [0, 0.05) is 15.4 Å². The molecule has 0 radical (unpaired) electrons. The van der Waals surface area contributed by atoms with Crippen LogP contribution in [-0.2, 0) is 5.88 Å². The molecular formula is C7H5BrCl2. The molecule has 0 atom stereocenters. The quantitative estimate of drug-likeness (QED) is 0.654. The third-order valence-corrected chi connectivity index (χ3v) is 2.29.